The van der Waals surface area contributed by atoms with Crippen molar-refractivity contribution in [1.29, 1.82) is 0 Å². The molecule has 0 aliphatic rings. The first-order valence-electron chi connectivity index (χ1n) is 2.33. The third kappa shape index (κ3) is 7.04. The molecule has 0 atom stereocenters. The molecule has 2 nitrogen and oxygen atoms in total. The number of hydrogen-bond donors (Lipinski definition) is 0. The van der Waals surface area contributed by atoms with Crippen molar-refractivity contribution in [2.24, 2.45) is 0 Å². The highest BCUT2D eigenvalue weighted by molar-refractivity contribution is 7.51. The summed E-state index contributed by atoms with van der Waals surface area (Å²) in [5.41, 5.74) is 0. The fourth-order valence-electron chi connectivity index (χ4n) is 0.385. The van der Waals surface area contributed by atoms with E-state index in [0.29, 0.717) is 0 Å². The molecule has 0 aromatic heterocycles. The first-order chi connectivity index (χ1) is 4.41. The Kier molecular flexibility index (Phi) is 6.29. The first kappa shape index (κ1) is 8.04. The van der Waals surface area contributed by atoms with Crippen LogP contribution in [0.25, 0.3) is 0 Å². The van der Waals surface area contributed by atoms with Crippen LogP contribution in [0.15, 0.2) is 36.4 Å². The lowest BCUT2D eigenvalue weighted by Crippen LogP contribution is -1.47. The van der Waals surface area contributed by atoms with E-state index < -0.39 is 11.6 Å². The van der Waals surface area contributed by atoms with Gasteiger partial charge in [0.25, 0.3) is 0 Å². The van der Waals surface area contributed by atoms with Crippen LogP contribution in [-0.4, -0.2) is 8.42 Å². The Morgan fingerprint density at radius 2 is 0.778 bits per heavy atom. The average molecular weight is 142 g/mol. The summed E-state index contributed by atoms with van der Waals surface area (Å²) in [6, 6.07) is 12.0. The summed E-state index contributed by atoms with van der Waals surface area (Å²) in [4.78, 5) is 0. The molecule has 0 saturated carbocycles. The highest BCUT2D eigenvalue weighted by Gasteiger charge is 1.57. The van der Waals surface area contributed by atoms with Crippen LogP contribution in [0.3, 0.4) is 0 Å². The van der Waals surface area contributed by atoms with E-state index >= 15 is 0 Å². The summed E-state index contributed by atoms with van der Waals surface area (Å²) in [5.74, 6) is 0. The molecule has 9 heavy (non-hydrogen) atoms. The molecule has 1 aromatic rings. The van der Waals surface area contributed by atoms with Crippen molar-refractivity contribution in [2.75, 3.05) is 0 Å². The average Bonchev–Trinajstić information content (AvgIpc) is 1.93. The monoisotopic (exact) mass is 142 g/mol. The summed E-state index contributed by atoms with van der Waals surface area (Å²) in [7, 11) is 0. The fraction of sp³-hybridized carbons (Fsp3) is 0. The van der Waals surface area contributed by atoms with Crippen LogP contribution in [0.2, 0.25) is 0 Å². The van der Waals surface area contributed by atoms with Gasteiger partial charge in [0, 0.05) is 0 Å². The van der Waals surface area contributed by atoms with Crippen LogP contribution in [0.4, 0.5) is 0 Å². The van der Waals surface area contributed by atoms with Crippen LogP contribution in [-0.2, 0) is 11.6 Å². The zero-order valence-electron chi connectivity index (χ0n) is 4.69. The van der Waals surface area contributed by atoms with Gasteiger partial charge in [-0.25, -0.2) is 0 Å². The Bertz CT molecular complexity index is 141. The van der Waals surface area contributed by atoms with Gasteiger partial charge in [-0.2, -0.15) is 8.42 Å². The van der Waals surface area contributed by atoms with Gasteiger partial charge in [0.1, 0.15) is 0 Å². The molecule has 1 aromatic carbocycles. The molecule has 0 saturated heterocycles. The molecule has 0 bridgehead atoms. The Labute approximate surface area is 57.1 Å². The second-order valence-electron chi connectivity index (χ2n) is 1.22. The van der Waals surface area contributed by atoms with Gasteiger partial charge in [0.15, 0.2) is 0 Å². The third-order valence-electron chi connectivity index (χ3n) is 0.667. The maximum absolute atomic E-state index is 8.29. The quantitative estimate of drug-likeness (QED) is 0.542. The van der Waals surface area contributed by atoms with Crippen LogP contribution < -0.4 is 0 Å². The molecule has 0 aliphatic carbocycles. The molecule has 0 amide bonds. The maximum atomic E-state index is 8.29. The molecule has 0 aliphatic heterocycles. The molecular formula is C6H6O2S. The van der Waals surface area contributed by atoms with E-state index in [1.165, 1.54) is 0 Å². The summed E-state index contributed by atoms with van der Waals surface area (Å²) in [5, 5.41) is 0. The van der Waals surface area contributed by atoms with Gasteiger partial charge in [0.05, 0.1) is 0 Å². The van der Waals surface area contributed by atoms with Crippen molar-refractivity contribution >= 4 is 11.6 Å². The molecular weight excluding hydrogens is 136 g/mol. The normalized spacial score (nSPS) is 6.67. The van der Waals surface area contributed by atoms with E-state index in [1.807, 2.05) is 36.4 Å². The predicted molar refractivity (Wildman–Crippen MR) is 35.4 cm³/mol. The van der Waals surface area contributed by atoms with Crippen LogP contribution in [0.5, 0.6) is 0 Å². The molecule has 0 heterocycles. The fourth-order valence-corrected chi connectivity index (χ4v) is 0.385. The Morgan fingerprint density at radius 1 is 0.667 bits per heavy atom. The number of hydrogen-bond acceptors (Lipinski definition) is 2. The summed E-state index contributed by atoms with van der Waals surface area (Å²) in [6.07, 6.45) is 0. The minimum atomic E-state index is -0.750. The van der Waals surface area contributed by atoms with E-state index in [9.17, 15) is 0 Å². The third-order valence-corrected chi connectivity index (χ3v) is 0.667. The lowest BCUT2D eigenvalue weighted by atomic mass is 10.4. The molecule has 0 radical (unpaired) electrons. The van der Waals surface area contributed by atoms with Crippen molar-refractivity contribution in [3.05, 3.63) is 36.4 Å². The van der Waals surface area contributed by atoms with Gasteiger partial charge in [-0.05, 0) is 0 Å². The smallest absolute Gasteiger partial charge is 0.168 e. The van der Waals surface area contributed by atoms with Crippen molar-refractivity contribution in [3.8, 4) is 0 Å². The lowest BCUT2D eigenvalue weighted by molar-refractivity contribution is 0.630. The van der Waals surface area contributed by atoms with Gasteiger partial charge in [-0.3, -0.25) is 0 Å². The van der Waals surface area contributed by atoms with Crippen molar-refractivity contribution in [3.63, 3.8) is 0 Å². The zero-order valence-corrected chi connectivity index (χ0v) is 5.51. The highest BCUT2D eigenvalue weighted by Crippen LogP contribution is 1.79. The van der Waals surface area contributed by atoms with Gasteiger partial charge in [-0.15, -0.1) is 0 Å². The Hall–Kier alpha value is -0.960. The maximum Gasteiger partial charge on any atom is 0.335 e. The topological polar surface area (TPSA) is 34.1 Å². The number of benzene rings is 1. The van der Waals surface area contributed by atoms with Crippen molar-refractivity contribution in [2.45, 2.75) is 0 Å². The highest BCUT2D eigenvalue weighted by atomic mass is 32.1. The van der Waals surface area contributed by atoms with Crippen LogP contribution >= 0.6 is 0 Å². The Morgan fingerprint density at radius 3 is 0.889 bits per heavy atom. The van der Waals surface area contributed by atoms with Crippen molar-refractivity contribution < 1.29 is 8.42 Å². The van der Waals surface area contributed by atoms with E-state index in [4.69, 9.17) is 8.42 Å². The SMILES string of the molecule is O=S=O.c1ccccc1. The molecule has 0 fully saturated rings. The lowest BCUT2D eigenvalue weighted by Gasteiger charge is -1.69. The van der Waals surface area contributed by atoms with Crippen LogP contribution in [0.1, 0.15) is 0 Å². The minimum absolute atomic E-state index is 0.750. The molecule has 48 valence electrons. The van der Waals surface area contributed by atoms with E-state index in [2.05, 4.69) is 0 Å². The van der Waals surface area contributed by atoms with E-state index in [-0.39, 0.29) is 0 Å². The van der Waals surface area contributed by atoms with Crippen LogP contribution in [0, 0.1) is 0 Å². The second-order valence-corrected chi connectivity index (χ2v) is 1.36. The van der Waals surface area contributed by atoms with Gasteiger partial charge in [-0.1, -0.05) is 36.4 Å². The first-order valence-corrected chi connectivity index (χ1v) is 3.00. The van der Waals surface area contributed by atoms with Gasteiger partial charge in [0.2, 0.25) is 0 Å². The van der Waals surface area contributed by atoms with Crippen molar-refractivity contribution in [1.82, 2.24) is 0 Å². The number of rotatable bonds is 0. The summed E-state index contributed by atoms with van der Waals surface area (Å²) >= 11 is -0.750. The standard InChI is InChI=1S/C6H6.O2S/c1-2-4-6-5-3-1;1-3-2/h1-6H;. The van der Waals surface area contributed by atoms with Gasteiger partial charge < -0.3 is 0 Å². The minimum Gasteiger partial charge on any atom is -0.168 e. The summed E-state index contributed by atoms with van der Waals surface area (Å²) in [6.45, 7) is 0. The zero-order chi connectivity index (χ0) is 6.95. The molecule has 3 heteroatoms. The summed E-state index contributed by atoms with van der Waals surface area (Å²) < 4.78 is 16.6. The Balaban J connectivity index is 0.000000187. The molecule has 0 spiro atoms. The molecule has 0 N–H and O–H groups in total. The largest absolute Gasteiger partial charge is 0.335 e. The predicted octanol–water partition coefficient (Wildman–Crippen LogP) is 1.02. The van der Waals surface area contributed by atoms with Gasteiger partial charge >= 0.3 is 11.6 Å². The molecule has 0 unspecified atom stereocenters. The second kappa shape index (κ2) is 7.04. The van der Waals surface area contributed by atoms with E-state index in [1.54, 1.807) is 0 Å². The van der Waals surface area contributed by atoms with E-state index in [0.717, 1.165) is 0 Å². The molecule has 1 rings (SSSR count).